The molecule has 0 aliphatic heterocycles. The molecule has 0 aromatic carbocycles. The Labute approximate surface area is 70.6 Å². The van der Waals surface area contributed by atoms with Gasteiger partial charge in [-0.25, -0.2) is 0 Å². The molecule has 0 aromatic heterocycles. The van der Waals surface area contributed by atoms with E-state index in [-0.39, 0.29) is 0 Å². The van der Waals surface area contributed by atoms with Crippen LogP contribution in [0.4, 0.5) is 0 Å². The van der Waals surface area contributed by atoms with Crippen molar-refractivity contribution in [3.8, 4) is 0 Å². The molecule has 11 heavy (non-hydrogen) atoms. The van der Waals surface area contributed by atoms with Gasteiger partial charge in [0.15, 0.2) is 0 Å². The first-order chi connectivity index (χ1) is 5.33. The average molecular weight is 155 g/mol. The maximum atomic E-state index is 3.40. The fraction of sp³-hybridized carbons (Fsp3) is 1.00. The fourth-order valence-corrected chi connectivity index (χ4v) is 1.77. The molecule has 0 spiro atoms. The lowest BCUT2D eigenvalue weighted by molar-refractivity contribution is 0.254. The van der Waals surface area contributed by atoms with Gasteiger partial charge in [-0.15, -0.1) is 0 Å². The Hall–Kier alpha value is -0.0400. The van der Waals surface area contributed by atoms with Crippen molar-refractivity contribution in [1.82, 2.24) is 5.32 Å². The van der Waals surface area contributed by atoms with Gasteiger partial charge in [-0.05, 0) is 31.3 Å². The van der Waals surface area contributed by atoms with Crippen LogP contribution >= 0.6 is 0 Å². The van der Waals surface area contributed by atoms with E-state index in [2.05, 4.69) is 19.2 Å². The second-order valence-corrected chi connectivity index (χ2v) is 3.95. The zero-order valence-electron chi connectivity index (χ0n) is 7.90. The van der Waals surface area contributed by atoms with Gasteiger partial charge in [0, 0.05) is 0 Å². The van der Waals surface area contributed by atoms with E-state index in [0.29, 0.717) is 0 Å². The van der Waals surface area contributed by atoms with Crippen LogP contribution in [-0.2, 0) is 0 Å². The Morgan fingerprint density at radius 1 is 1.45 bits per heavy atom. The topological polar surface area (TPSA) is 12.0 Å². The van der Waals surface area contributed by atoms with E-state index in [1.165, 1.54) is 32.2 Å². The Bertz CT molecular complexity index is 97.0. The molecule has 1 unspecified atom stereocenters. The lowest BCUT2D eigenvalue weighted by Gasteiger charge is -2.28. The minimum absolute atomic E-state index is 0.889. The van der Waals surface area contributed by atoms with Gasteiger partial charge >= 0.3 is 0 Å². The van der Waals surface area contributed by atoms with Gasteiger partial charge in [-0.2, -0.15) is 0 Å². The molecule has 0 saturated heterocycles. The molecule has 0 amide bonds. The third kappa shape index (κ3) is 3.24. The second kappa shape index (κ2) is 4.76. The van der Waals surface area contributed by atoms with E-state index < -0.39 is 0 Å². The van der Waals surface area contributed by atoms with Crippen molar-refractivity contribution in [2.75, 3.05) is 13.1 Å². The van der Waals surface area contributed by atoms with Crippen LogP contribution in [0, 0.1) is 11.8 Å². The third-order valence-corrected chi connectivity index (χ3v) is 2.70. The highest BCUT2D eigenvalue weighted by Gasteiger charge is 2.19. The third-order valence-electron chi connectivity index (χ3n) is 2.70. The van der Waals surface area contributed by atoms with Crippen LogP contribution in [0.1, 0.15) is 39.5 Å². The molecule has 1 atom stereocenters. The van der Waals surface area contributed by atoms with E-state index in [1.807, 2.05) is 0 Å². The Morgan fingerprint density at radius 2 is 2.18 bits per heavy atom. The first kappa shape index (κ1) is 9.05. The van der Waals surface area contributed by atoms with Crippen molar-refractivity contribution >= 4 is 0 Å². The summed E-state index contributed by atoms with van der Waals surface area (Å²) in [6.07, 6.45) is 5.93. The van der Waals surface area contributed by atoms with Gasteiger partial charge in [0.2, 0.25) is 0 Å². The van der Waals surface area contributed by atoms with Crippen LogP contribution in [0.5, 0.6) is 0 Å². The number of rotatable bonds is 5. The highest BCUT2D eigenvalue weighted by molar-refractivity contribution is 4.72. The summed E-state index contributed by atoms with van der Waals surface area (Å²) in [6.45, 7) is 6.87. The van der Waals surface area contributed by atoms with Crippen LogP contribution < -0.4 is 5.32 Å². The molecule has 1 heteroatoms. The van der Waals surface area contributed by atoms with Crippen molar-refractivity contribution < 1.29 is 0 Å². The van der Waals surface area contributed by atoms with Crippen LogP contribution in [-0.4, -0.2) is 13.1 Å². The van der Waals surface area contributed by atoms with E-state index in [0.717, 1.165) is 18.4 Å². The molecule has 1 N–H and O–H groups in total. The van der Waals surface area contributed by atoms with Gasteiger partial charge in [-0.1, -0.05) is 33.1 Å². The van der Waals surface area contributed by atoms with E-state index in [9.17, 15) is 0 Å². The van der Waals surface area contributed by atoms with Gasteiger partial charge in [-0.3, -0.25) is 0 Å². The van der Waals surface area contributed by atoms with Gasteiger partial charge < -0.3 is 5.32 Å². The maximum Gasteiger partial charge on any atom is -0.00232 e. The first-order valence-electron chi connectivity index (χ1n) is 5.03. The first-order valence-corrected chi connectivity index (χ1v) is 5.03. The zero-order valence-corrected chi connectivity index (χ0v) is 7.90. The lowest BCUT2D eigenvalue weighted by atomic mass is 9.79. The Balaban J connectivity index is 1.95. The molecular weight excluding hydrogens is 134 g/mol. The van der Waals surface area contributed by atoms with Crippen LogP contribution in [0.3, 0.4) is 0 Å². The number of hydrogen-bond acceptors (Lipinski definition) is 1. The van der Waals surface area contributed by atoms with Crippen molar-refractivity contribution in [1.29, 1.82) is 0 Å². The highest BCUT2D eigenvalue weighted by atomic mass is 14.8. The summed E-state index contributed by atoms with van der Waals surface area (Å²) in [5, 5.41) is 3.40. The quantitative estimate of drug-likeness (QED) is 0.643. The van der Waals surface area contributed by atoms with Gasteiger partial charge in [0.1, 0.15) is 0 Å². The Kier molecular flexibility index (Phi) is 3.92. The average Bonchev–Trinajstić information content (AvgIpc) is 1.93. The predicted molar refractivity (Wildman–Crippen MR) is 49.7 cm³/mol. The van der Waals surface area contributed by atoms with Gasteiger partial charge in [0.25, 0.3) is 0 Å². The summed E-state index contributed by atoms with van der Waals surface area (Å²) in [5.74, 6) is 1.96. The summed E-state index contributed by atoms with van der Waals surface area (Å²) in [5.41, 5.74) is 0. The summed E-state index contributed by atoms with van der Waals surface area (Å²) in [6, 6.07) is 0. The van der Waals surface area contributed by atoms with E-state index in [1.54, 1.807) is 0 Å². The number of nitrogens with one attached hydrogen (secondary N) is 1. The second-order valence-electron chi connectivity index (χ2n) is 3.95. The molecule has 0 radical (unpaired) electrons. The molecule has 0 heterocycles. The van der Waals surface area contributed by atoms with E-state index >= 15 is 0 Å². The minimum atomic E-state index is 0.889. The highest BCUT2D eigenvalue weighted by Crippen LogP contribution is 2.31. The molecule has 1 saturated carbocycles. The molecule has 1 nitrogen and oxygen atoms in total. The maximum absolute atomic E-state index is 3.40. The monoisotopic (exact) mass is 155 g/mol. The van der Waals surface area contributed by atoms with Crippen molar-refractivity contribution in [3.63, 3.8) is 0 Å². The molecule has 0 bridgehead atoms. The minimum Gasteiger partial charge on any atom is -0.317 e. The molecule has 1 aliphatic rings. The SMILES string of the molecule is CCNCC(C)CC1CCC1. The van der Waals surface area contributed by atoms with Crippen LogP contribution in [0.15, 0.2) is 0 Å². The van der Waals surface area contributed by atoms with Crippen molar-refractivity contribution in [2.24, 2.45) is 11.8 Å². The summed E-state index contributed by atoms with van der Waals surface area (Å²) >= 11 is 0. The van der Waals surface area contributed by atoms with Crippen LogP contribution in [0.25, 0.3) is 0 Å². The van der Waals surface area contributed by atoms with Crippen molar-refractivity contribution in [2.45, 2.75) is 39.5 Å². The molecule has 66 valence electrons. The Morgan fingerprint density at radius 3 is 2.64 bits per heavy atom. The predicted octanol–water partition coefficient (Wildman–Crippen LogP) is 2.42. The molecule has 1 rings (SSSR count). The normalized spacial score (nSPS) is 21.3. The van der Waals surface area contributed by atoms with Gasteiger partial charge in [0.05, 0.1) is 0 Å². The smallest absolute Gasteiger partial charge is 0.00232 e. The summed E-state index contributed by atoms with van der Waals surface area (Å²) in [4.78, 5) is 0. The fourth-order valence-electron chi connectivity index (χ4n) is 1.77. The summed E-state index contributed by atoms with van der Waals surface area (Å²) < 4.78 is 0. The van der Waals surface area contributed by atoms with E-state index in [4.69, 9.17) is 0 Å². The molecule has 1 fully saturated rings. The standard InChI is InChI=1S/C10H21N/c1-3-11-8-9(2)7-10-5-4-6-10/h9-11H,3-8H2,1-2H3. The zero-order chi connectivity index (χ0) is 8.10. The van der Waals surface area contributed by atoms with Crippen molar-refractivity contribution in [3.05, 3.63) is 0 Å². The largest absolute Gasteiger partial charge is 0.317 e. The molecular formula is C10H21N. The molecule has 0 aromatic rings. The molecule has 1 aliphatic carbocycles. The lowest BCUT2D eigenvalue weighted by Crippen LogP contribution is -2.24. The summed E-state index contributed by atoms with van der Waals surface area (Å²) in [7, 11) is 0. The van der Waals surface area contributed by atoms with Crippen LogP contribution in [0.2, 0.25) is 0 Å². The number of hydrogen-bond donors (Lipinski definition) is 1.